The molecule has 0 amide bonds. The number of methoxy groups -OCH3 is 6. The van der Waals surface area contributed by atoms with Crippen molar-refractivity contribution in [1.29, 1.82) is 0 Å². The van der Waals surface area contributed by atoms with Crippen molar-refractivity contribution in [3.05, 3.63) is 190 Å². The van der Waals surface area contributed by atoms with Gasteiger partial charge in [0.1, 0.15) is 81.5 Å². The molecule has 30 atom stereocenters. The average molecular weight is 1980 g/mol. The van der Waals surface area contributed by atoms with E-state index < -0.39 is 252 Å². The van der Waals surface area contributed by atoms with E-state index in [0.29, 0.717) is 22.3 Å². The number of thiophene rings is 3. The summed E-state index contributed by atoms with van der Waals surface area (Å²) in [7, 11) is -0.759. The first-order valence-corrected chi connectivity index (χ1v) is 46.3. The van der Waals surface area contributed by atoms with Crippen molar-refractivity contribution in [3.63, 3.8) is 0 Å². The van der Waals surface area contributed by atoms with Gasteiger partial charge in [-0.1, -0.05) is 18.2 Å². The molecule has 15 aliphatic rings. The highest BCUT2D eigenvalue weighted by Gasteiger charge is 2.62. The van der Waals surface area contributed by atoms with Crippen LogP contribution in [0.1, 0.15) is 137 Å². The van der Waals surface area contributed by atoms with Crippen molar-refractivity contribution >= 4 is 51.9 Å². The van der Waals surface area contributed by atoms with Crippen LogP contribution in [0.3, 0.4) is 0 Å². The molecule has 15 heterocycles. The summed E-state index contributed by atoms with van der Waals surface area (Å²) in [5.41, 5.74) is 2.75. The number of phenolic OH excluding ortho intramolecular Hbond substituents is 3. The molecule has 12 aliphatic heterocycles. The van der Waals surface area contributed by atoms with Gasteiger partial charge in [0.25, 0.3) is 0 Å². The van der Waals surface area contributed by atoms with Crippen LogP contribution in [0.15, 0.2) is 125 Å². The first kappa shape index (κ1) is 77.9. The normalized spacial score (nSPS) is 37.5. The van der Waals surface area contributed by atoms with Crippen LogP contribution in [-0.4, -0.2) is 258 Å². The Morgan fingerprint density at radius 1 is 0.348 bits per heavy atom. The number of ether oxygens (including phenoxy) is 27. The molecule has 0 unspecified atom stereocenters. The predicted octanol–water partition coefficient (Wildman–Crippen LogP) is 8.26. The average Bonchev–Trinajstić information content (AvgIpc) is 1.56. The highest BCUT2D eigenvalue weighted by molar-refractivity contribution is 7.10. The summed E-state index contributed by atoms with van der Waals surface area (Å²) >= 11 is 4.26. The van der Waals surface area contributed by atoms with E-state index in [4.69, 9.17) is 144 Å². The van der Waals surface area contributed by atoms with Crippen LogP contribution in [0.2, 0.25) is 0 Å². The number of rotatable bonds is 18. The second-order valence-corrected chi connectivity index (χ2v) is 37.5. The Morgan fingerprint density at radius 3 is 0.949 bits per heavy atom. The molecule has 39 nitrogen and oxygen atoms in total. The molecule has 24 rings (SSSR count). The molecule has 0 spiro atoms. The lowest BCUT2D eigenvalue weighted by Crippen LogP contribution is -2.62. The largest absolute Gasteiger partial charge is 0.502 e. The molecule has 9 N–H and O–H groups in total. The smallest absolute Gasteiger partial charge is 0.310 e. The lowest BCUT2D eigenvalue weighted by Gasteiger charge is -2.48. The fraction of sp³-hybridized carbons (Fsp3) is 0.469. The second kappa shape index (κ2) is 37.6. The van der Waals surface area contributed by atoms with Crippen molar-refractivity contribution in [2.24, 2.45) is 35.5 Å². The first-order valence-electron chi connectivity index (χ1n) is 50.1. The monoisotopic (exact) mass is 1980 g/mol. The fourth-order valence-electron chi connectivity index (χ4n) is 20.8. The highest BCUT2D eigenvalue weighted by Crippen LogP contribution is 2.63. The third kappa shape index (κ3) is 16.1. The molecular weight excluding hydrogens is 1870 g/mol. The number of aromatic hydroxyl groups is 3. The zero-order chi connectivity index (χ0) is 106. The molecule has 3 aromatic heterocycles. The zero-order valence-corrected chi connectivity index (χ0v) is 75.1. The SMILES string of the molecule is [2H]C([2H])([2H])Oc1cc([C@@H]2c3cc4c(cc3[C@@H](O[C@@H]3O[C@@H]5CO[C@@H](c6cccs6)O[C@H]5[C@H](O)[C@H]3O)[C@H]3COC(=O)[C@H]23)OC([2H])([2H])O4)cc(OC([2H])([2H])[2H])c1O.[2H]C1([2H])Oc2cc3c(cc2O1)[C@@H](O[C@@H]1O[C@@H]2CO[C@@H](c4cccs4)O[C@H]2[C@H](O)[C@H]1O)[C@H]1COC(=O)[C@@H]1[C@@H]3c1cc(OC)c(O)c(OC)c1.[2H]C1([2H])Oc2cc3c(cc2O1)[C@@]([2H])(c1cc(OC)c(O)c(OC)c1)[C@H]1C(=O)OC[C@@H]1[C@@H]3O[C@@H]1O[C@@H]2CO[C@@H](c3cccs3)O[C@H]2[C@H](O)[C@H]1O. The van der Waals surface area contributed by atoms with E-state index in [-0.39, 0.29) is 136 Å². The topological polar surface area (TPSA) is 482 Å². The van der Waals surface area contributed by atoms with Gasteiger partial charge >= 0.3 is 17.9 Å². The molecule has 9 fully saturated rings. The Morgan fingerprint density at radius 2 is 0.638 bits per heavy atom. The van der Waals surface area contributed by atoms with Gasteiger partial charge in [-0.2, -0.15) is 0 Å². The van der Waals surface area contributed by atoms with Crippen LogP contribution in [0, 0.1) is 35.5 Å². The number of aliphatic hydroxyl groups excluding tert-OH is 6. The standard InChI is InChI=1S/3C32H32O13S/c3*1-37-19-6-13(7-20(38-2)25(19)33)23-14-8-17-18(42-12-41-17)9-15(14)28(16-10-39-30(36)24(16)23)44-32-27(35)26(34)29-21(43-32)11-40-31(45-29)22-4-3-5-46-22/h3*3-9,16,21,23-24,26-29,31-35H,10-12H2,1-2H3/t3*16-,21+,23+,24-,26+,27+,28+,29+,31+,32-/m000/s1/i1D3,2D3,12D2;12D2,23D;12D2. The van der Waals surface area contributed by atoms with E-state index in [9.17, 15) is 61.7 Å². The Bertz CT molecular complexity index is 6560. The highest BCUT2D eigenvalue weighted by atomic mass is 32.1. The number of phenols is 3. The van der Waals surface area contributed by atoms with Gasteiger partial charge in [-0.3, -0.25) is 14.4 Å². The maximum absolute atomic E-state index is 13.7. The van der Waals surface area contributed by atoms with Crippen molar-refractivity contribution in [3.8, 4) is 86.2 Å². The summed E-state index contributed by atoms with van der Waals surface area (Å²) < 4.78 is 258. The lowest BCUT2D eigenvalue weighted by molar-refractivity contribution is -0.368. The van der Waals surface area contributed by atoms with Gasteiger partial charge in [0.2, 0.25) is 37.5 Å². The minimum Gasteiger partial charge on any atom is -0.502 e. The predicted molar refractivity (Wildman–Crippen MR) is 468 cm³/mol. The molecule has 9 saturated heterocycles. The Hall–Kier alpha value is -10.9. The Kier molecular flexibility index (Phi) is 21.2. The summed E-state index contributed by atoms with van der Waals surface area (Å²) in [5, 5.41) is 105. The number of cyclic esters (lactones) is 3. The lowest BCUT2D eigenvalue weighted by atomic mass is 9.66. The number of carbonyl (C=O) groups excluding carboxylic acids is 3. The van der Waals surface area contributed by atoms with Crippen molar-refractivity contribution in [2.45, 2.75) is 147 Å². The summed E-state index contributed by atoms with van der Waals surface area (Å²) in [4.78, 5) is 43.2. The van der Waals surface area contributed by atoms with Gasteiger partial charge in [0.05, 0.1) is 141 Å². The molecule has 0 bridgehead atoms. The minimum absolute atomic E-state index is 0.0126. The molecule has 0 radical (unpaired) electrons. The van der Waals surface area contributed by atoms with E-state index in [1.54, 1.807) is 30.3 Å². The van der Waals surface area contributed by atoms with E-state index >= 15 is 0 Å². The zero-order valence-electron chi connectivity index (χ0n) is 85.6. The van der Waals surface area contributed by atoms with Gasteiger partial charge in [0, 0.05) is 36.9 Å². The first-order chi connectivity index (χ1) is 71.8. The Balaban J connectivity index is 0.000000128. The summed E-state index contributed by atoms with van der Waals surface area (Å²) in [5.74, 6) is -13.9. The summed E-state index contributed by atoms with van der Waals surface area (Å²) in [6.07, 6.45) is -24.2. The van der Waals surface area contributed by atoms with Crippen LogP contribution in [0.5, 0.6) is 86.2 Å². The quantitative estimate of drug-likeness (QED) is 0.0288. The number of benzene rings is 6. The molecular formula is C96H96O39S3. The number of hydrogen-bond acceptors (Lipinski definition) is 42. The van der Waals surface area contributed by atoms with Crippen molar-refractivity contribution < 1.29 is 206 Å². The van der Waals surface area contributed by atoms with E-state index in [1.165, 1.54) is 98.8 Å². The molecule has 732 valence electrons. The molecule has 6 aromatic carbocycles. The van der Waals surface area contributed by atoms with Gasteiger partial charge in [0.15, 0.2) is 107 Å². The van der Waals surface area contributed by atoms with Crippen molar-refractivity contribution in [2.75, 3.05) is 102 Å². The second-order valence-electron chi connectivity index (χ2n) is 34.5. The summed E-state index contributed by atoms with van der Waals surface area (Å²) in [6, 6.07) is 28.1. The van der Waals surface area contributed by atoms with Crippen LogP contribution >= 0.6 is 34.0 Å². The number of aliphatic hydroxyl groups is 6. The third-order valence-electron chi connectivity index (χ3n) is 27.3. The van der Waals surface area contributed by atoms with Crippen LogP contribution in [-0.2, 0) is 85.4 Å². The number of fused-ring (bicyclic) bond motifs is 12. The molecule has 3 aliphatic carbocycles. The van der Waals surface area contributed by atoms with E-state index in [1.807, 2.05) is 46.5 Å². The van der Waals surface area contributed by atoms with Gasteiger partial charge in [-0.05, 0) is 157 Å². The van der Waals surface area contributed by atoms with Gasteiger partial charge in [-0.15, -0.1) is 34.0 Å². The van der Waals surface area contributed by atoms with Crippen LogP contribution in [0.4, 0.5) is 0 Å². The number of hydrogen-bond donors (Lipinski definition) is 9. The molecule has 0 saturated carbocycles. The number of carbonyl (C=O) groups is 3. The third-order valence-corrected chi connectivity index (χ3v) is 29.9. The molecule has 138 heavy (non-hydrogen) atoms. The van der Waals surface area contributed by atoms with Gasteiger partial charge in [-0.25, -0.2) is 0 Å². The molecule has 9 aromatic rings. The molecule has 42 heteroatoms. The number of esters is 3. The van der Waals surface area contributed by atoms with E-state index in [0.717, 1.165) is 26.8 Å². The van der Waals surface area contributed by atoms with Gasteiger partial charge < -0.3 is 174 Å². The maximum atomic E-state index is 13.7. The minimum atomic E-state index is -3.10. The van der Waals surface area contributed by atoms with E-state index in [2.05, 4.69) is 0 Å². The maximum Gasteiger partial charge on any atom is 0.310 e. The fourth-order valence-corrected chi connectivity index (χ4v) is 22.9. The Labute approximate surface area is 815 Å². The summed E-state index contributed by atoms with van der Waals surface area (Å²) in [6.45, 7) is -7.94. The van der Waals surface area contributed by atoms with Crippen LogP contribution in [0.25, 0.3) is 0 Å². The van der Waals surface area contributed by atoms with Crippen molar-refractivity contribution in [1.82, 2.24) is 0 Å². The van der Waals surface area contributed by atoms with Crippen LogP contribution < -0.4 is 56.8 Å².